The van der Waals surface area contributed by atoms with Gasteiger partial charge in [0.1, 0.15) is 5.82 Å². The molecule has 0 radical (unpaired) electrons. The Kier molecular flexibility index (Phi) is 3.74. The van der Waals surface area contributed by atoms with Gasteiger partial charge in [-0.3, -0.25) is 0 Å². The van der Waals surface area contributed by atoms with Crippen molar-refractivity contribution in [2.24, 2.45) is 5.92 Å². The fraction of sp³-hybridized carbons (Fsp3) is 0.571. The van der Waals surface area contributed by atoms with Gasteiger partial charge in [-0.2, -0.15) is 0 Å². The summed E-state index contributed by atoms with van der Waals surface area (Å²) in [5, 5.41) is 10.8. The molecular weight excluding hydrogens is 239 g/mol. The summed E-state index contributed by atoms with van der Waals surface area (Å²) in [4.78, 5) is 0. The number of benzene rings is 1. The van der Waals surface area contributed by atoms with Crippen LogP contribution in [0.1, 0.15) is 38.2 Å². The van der Waals surface area contributed by atoms with Gasteiger partial charge < -0.3 is 5.11 Å². The van der Waals surface area contributed by atoms with Gasteiger partial charge in [0.25, 0.3) is 0 Å². The van der Waals surface area contributed by atoms with Crippen molar-refractivity contribution >= 4 is 11.6 Å². The average Bonchev–Trinajstić information content (AvgIpc) is 2.18. The first-order valence-electron chi connectivity index (χ1n) is 6.13. The van der Waals surface area contributed by atoms with Crippen LogP contribution in [0, 0.1) is 11.7 Å². The molecule has 94 valence electrons. The lowest BCUT2D eigenvalue weighted by atomic mass is 9.76. The summed E-state index contributed by atoms with van der Waals surface area (Å²) in [6.45, 7) is 1.78. The third-order valence-corrected chi connectivity index (χ3v) is 3.77. The minimum atomic E-state index is -0.837. The Morgan fingerprint density at radius 1 is 1.47 bits per heavy atom. The van der Waals surface area contributed by atoms with Gasteiger partial charge in [0.05, 0.1) is 5.60 Å². The normalized spacial score (nSPS) is 19.8. The monoisotopic (exact) mass is 256 g/mol. The molecule has 1 atom stereocenters. The zero-order valence-corrected chi connectivity index (χ0v) is 10.8. The van der Waals surface area contributed by atoms with E-state index in [0.717, 1.165) is 6.42 Å². The lowest BCUT2D eigenvalue weighted by molar-refractivity contribution is 0.0197. The molecular formula is C14H18ClFO. The fourth-order valence-electron chi connectivity index (χ4n) is 2.48. The molecule has 0 aliphatic heterocycles. The number of rotatable bonds is 4. The lowest BCUT2D eigenvalue weighted by Gasteiger charge is -2.33. The van der Waals surface area contributed by atoms with Crippen LogP contribution in [0.5, 0.6) is 0 Å². The molecule has 1 nitrogen and oxygen atoms in total. The Morgan fingerprint density at radius 2 is 2.18 bits per heavy atom. The van der Waals surface area contributed by atoms with Gasteiger partial charge in [-0.1, -0.05) is 30.9 Å². The summed E-state index contributed by atoms with van der Waals surface area (Å²) in [5.74, 6) is 0.315. The van der Waals surface area contributed by atoms with E-state index >= 15 is 0 Å². The van der Waals surface area contributed by atoms with Gasteiger partial charge in [0.15, 0.2) is 0 Å². The van der Waals surface area contributed by atoms with Crippen LogP contribution in [0.25, 0.3) is 0 Å². The highest BCUT2D eigenvalue weighted by Crippen LogP contribution is 2.35. The fourth-order valence-corrected chi connectivity index (χ4v) is 2.67. The number of halogens is 2. The van der Waals surface area contributed by atoms with E-state index in [4.69, 9.17) is 11.6 Å². The summed E-state index contributed by atoms with van der Waals surface area (Å²) in [6, 6.07) is 4.49. The first kappa shape index (κ1) is 12.8. The molecule has 1 aromatic carbocycles. The van der Waals surface area contributed by atoms with E-state index in [-0.39, 0.29) is 5.82 Å². The maximum atomic E-state index is 13.6. The van der Waals surface area contributed by atoms with Crippen LogP contribution in [-0.4, -0.2) is 10.7 Å². The second kappa shape index (κ2) is 4.95. The predicted octanol–water partition coefficient (Wildman–Crippen LogP) is 3.96. The molecule has 2 rings (SSSR count). The number of aliphatic hydroxyl groups is 1. The Bertz CT molecular complexity index is 399. The van der Waals surface area contributed by atoms with Gasteiger partial charge in [0, 0.05) is 11.4 Å². The Labute approximate surface area is 107 Å². The van der Waals surface area contributed by atoms with Crippen molar-refractivity contribution in [2.75, 3.05) is 0 Å². The highest BCUT2D eigenvalue weighted by Gasteiger charge is 2.29. The Morgan fingerprint density at radius 3 is 2.76 bits per heavy atom. The molecule has 0 spiro atoms. The van der Waals surface area contributed by atoms with Gasteiger partial charge >= 0.3 is 0 Å². The molecule has 0 aromatic heterocycles. The predicted molar refractivity (Wildman–Crippen MR) is 67.7 cm³/mol. The van der Waals surface area contributed by atoms with Crippen molar-refractivity contribution in [3.8, 4) is 0 Å². The van der Waals surface area contributed by atoms with E-state index in [1.165, 1.54) is 31.4 Å². The van der Waals surface area contributed by atoms with Crippen LogP contribution in [-0.2, 0) is 6.42 Å². The summed E-state index contributed by atoms with van der Waals surface area (Å²) < 4.78 is 13.6. The zero-order chi connectivity index (χ0) is 12.5. The highest BCUT2D eigenvalue weighted by molar-refractivity contribution is 6.30. The van der Waals surface area contributed by atoms with Crippen LogP contribution in [0.3, 0.4) is 0 Å². The van der Waals surface area contributed by atoms with Gasteiger partial charge in [-0.05, 0) is 43.0 Å². The highest BCUT2D eigenvalue weighted by atomic mass is 35.5. The van der Waals surface area contributed by atoms with Crippen LogP contribution >= 0.6 is 11.6 Å². The smallest absolute Gasteiger partial charge is 0.126 e. The van der Waals surface area contributed by atoms with Crippen molar-refractivity contribution < 1.29 is 9.50 Å². The first-order valence-corrected chi connectivity index (χ1v) is 6.50. The molecule has 0 bridgehead atoms. The molecule has 1 aromatic rings. The Hall–Kier alpha value is -0.600. The second-order valence-corrected chi connectivity index (χ2v) is 5.85. The van der Waals surface area contributed by atoms with E-state index in [0.29, 0.717) is 22.9 Å². The minimum Gasteiger partial charge on any atom is -0.390 e. The van der Waals surface area contributed by atoms with Crippen molar-refractivity contribution in [3.63, 3.8) is 0 Å². The molecule has 1 fully saturated rings. The Balaban J connectivity index is 2.04. The molecule has 0 saturated heterocycles. The molecule has 1 aliphatic carbocycles. The molecule has 0 amide bonds. The van der Waals surface area contributed by atoms with E-state index in [9.17, 15) is 9.50 Å². The van der Waals surface area contributed by atoms with Crippen LogP contribution in [0.2, 0.25) is 5.02 Å². The van der Waals surface area contributed by atoms with Crippen molar-refractivity contribution in [1.82, 2.24) is 0 Å². The SMILES string of the molecule is CC(O)(Cc1cc(Cl)ccc1F)CC1CCC1. The summed E-state index contributed by atoms with van der Waals surface area (Å²) >= 11 is 5.84. The molecule has 1 unspecified atom stereocenters. The van der Waals surface area contributed by atoms with Crippen LogP contribution < -0.4 is 0 Å². The molecule has 1 N–H and O–H groups in total. The standard InChI is InChI=1S/C14H18ClFO/c1-14(17,8-10-3-2-4-10)9-11-7-12(15)5-6-13(11)16/h5-7,10,17H,2-4,8-9H2,1H3. The quantitative estimate of drug-likeness (QED) is 0.865. The third-order valence-electron chi connectivity index (χ3n) is 3.53. The van der Waals surface area contributed by atoms with Gasteiger partial charge in [0.2, 0.25) is 0 Å². The first-order chi connectivity index (χ1) is 7.96. The summed E-state index contributed by atoms with van der Waals surface area (Å²) in [7, 11) is 0. The van der Waals surface area contributed by atoms with E-state index in [2.05, 4.69) is 0 Å². The third kappa shape index (κ3) is 3.43. The van der Waals surface area contributed by atoms with E-state index < -0.39 is 5.60 Å². The molecule has 0 heterocycles. The molecule has 17 heavy (non-hydrogen) atoms. The number of hydrogen-bond donors (Lipinski definition) is 1. The largest absolute Gasteiger partial charge is 0.390 e. The molecule has 1 aliphatic rings. The minimum absolute atomic E-state index is 0.289. The molecule has 1 saturated carbocycles. The van der Waals surface area contributed by atoms with Gasteiger partial charge in [-0.25, -0.2) is 4.39 Å². The van der Waals surface area contributed by atoms with Crippen LogP contribution in [0.15, 0.2) is 18.2 Å². The maximum Gasteiger partial charge on any atom is 0.126 e. The van der Waals surface area contributed by atoms with Crippen molar-refractivity contribution in [1.29, 1.82) is 0 Å². The topological polar surface area (TPSA) is 20.2 Å². The lowest BCUT2D eigenvalue weighted by Crippen LogP contribution is -2.32. The van der Waals surface area contributed by atoms with Gasteiger partial charge in [-0.15, -0.1) is 0 Å². The summed E-state index contributed by atoms with van der Waals surface area (Å²) in [6.07, 6.45) is 4.71. The number of hydrogen-bond acceptors (Lipinski definition) is 1. The second-order valence-electron chi connectivity index (χ2n) is 5.41. The van der Waals surface area contributed by atoms with Crippen molar-refractivity contribution in [3.05, 3.63) is 34.6 Å². The zero-order valence-electron chi connectivity index (χ0n) is 10.0. The van der Waals surface area contributed by atoms with Crippen molar-refractivity contribution in [2.45, 2.75) is 44.6 Å². The van der Waals surface area contributed by atoms with E-state index in [1.54, 1.807) is 13.0 Å². The summed E-state index contributed by atoms with van der Waals surface area (Å²) in [5.41, 5.74) is -0.335. The van der Waals surface area contributed by atoms with Crippen LogP contribution in [0.4, 0.5) is 4.39 Å². The average molecular weight is 257 g/mol. The van der Waals surface area contributed by atoms with E-state index in [1.807, 2.05) is 0 Å². The molecule has 3 heteroatoms. The maximum absolute atomic E-state index is 13.6.